The van der Waals surface area contributed by atoms with Gasteiger partial charge in [0.1, 0.15) is 16.7 Å². The fourth-order valence-corrected chi connectivity index (χ4v) is 4.23. The van der Waals surface area contributed by atoms with Crippen LogP contribution < -0.4 is 5.32 Å². The summed E-state index contributed by atoms with van der Waals surface area (Å²) in [6.07, 6.45) is 8.24. The molecule has 0 radical (unpaired) electrons. The Morgan fingerprint density at radius 3 is 2.55 bits per heavy atom. The zero-order valence-corrected chi connectivity index (χ0v) is 17.2. The average molecular weight is 416 g/mol. The molecule has 1 aliphatic heterocycles. The molecule has 0 bridgehead atoms. The van der Waals surface area contributed by atoms with Crippen LogP contribution in [-0.2, 0) is 19.1 Å². The van der Waals surface area contributed by atoms with E-state index < -0.39 is 23.9 Å². The molecule has 29 heavy (non-hydrogen) atoms. The molecule has 1 aromatic heterocycles. The van der Waals surface area contributed by atoms with Gasteiger partial charge in [0, 0.05) is 20.0 Å². The van der Waals surface area contributed by atoms with Crippen LogP contribution in [0.25, 0.3) is 0 Å². The van der Waals surface area contributed by atoms with E-state index in [4.69, 9.17) is 9.47 Å². The molecule has 2 amide bonds. The molecule has 9 heteroatoms. The van der Waals surface area contributed by atoms with Gasteiger partial charge in [-0.05, 0) is 18.6 Å². The first-order chi connectivity index (χ1) is 13.7. The van der Waals surface area contributed by atoms with Crippen LogP contribution in [-0.4, -0.2) is 56.0 Å². The molecule has 1 N–H and O–H groups in total. The van der Waals surface area contributed by atoms with E-state index in [9.17, 15) is 19.2 Å². The van der Waals surface area contributed by atoms with E-state index in [1.807, 2.05) is 12.2 Å². The minimum Gasteiger partial charge on any atom is -0.465 e. The molecule has 1 aromatic rings. The molecule has 0 aromatic carbocycles. The highest BCUT2D eigenvalue weighted by Gasteiger charge is 2.34. The van der Waals surface area contributed by atoms with Crippen molar-refractivity contribution in [2.75, 3.05) is 26.5 Å². The number of carbonyl (C=O) groups is 4. The Kier molecular flexibility index (Phi) is 5.69. The van der Waals surface area contributed by atoms with E-state index in [0.717, 1.165) is 11.3 Å². The molecular weight excluding hydrogens is 396 g/mol. The van der Waals surface area contributed by atoms with E-state index in [1.54, 1.807) is 33.2 Å². The van der Waals surface area contributed by atoms with Crippen LogP contribution in [0.3, 0.4) is 0 Å². The highest BCUT2D eigenvalue weighted by atomic mass is 32.1. The average Bonchev–Trinajstić information content (AvgIpc) is 3.01. The minimum absolute atomic E-state index is 0.0826. The van der Waals surface area contributed by atoms with E-state index in [-0.39, 0.29) is 28.0 Å². The smallest absolute Gasteiger partial charge is 0.344 e. The van der Waals surface area contributed by atoms with Gasteiger partial charge in [0.05, 0.1) is 17.6 Å². The zero-order chi connectivity index (χ0) is 21.3. The number of hydrogen-bond acceptors (Lipinski definition) is 7. The Morgan fingerprint density at radius 2 is 1.90 bits per heavy atom. The van der Waals surface area contributed by atoms with Crippen molar-refractivity contribution in [2.45, 2.75) is 13.0 Å². The standard InChI is InChI=1S/C20H20N2O6S/c1-10-14(20(26)27-4)17(29-15(10)18(24)22(2)3)21-16(23)12-9-11-7-5-6-8-13(11)28-19(12)25/h5-9,11,13H,1-4H3,(H,21,23). The molecule has 0 saturated heterocycles. The number of hydrogen-bond donors (Lipinski definition) is 1. The lowest BCUT2D eigenvalue weighted by Gasteiger charge is -2.27. The maximum absolute atomic E-state index is 12.8. The maximum Gasteiger partial charge on any atom is 0.344 e. The second-order valence-electron chi connectivity index (χ2n) is 6.70. The van der Waals surface area contributed by atoms with Gasteiger partial charge in [-0.25, -0.2) is 9.59 Å². The van der Waals surface area contributed by atoms with Gasteiger partial charge in [0.15, 0.2) is 0 Å². The van der Waals surface area contributed by atoms with Crippen LogP contribution in [0.1, 0.15) is 25.6 Å². The molecule has 0 spiro atoms. The van der Waals surface area contributed by atoms with Gasteiger partial charge in [-0.2, -0.15) is 0 Å². The van der Waals surface area contributed by atoms with Crippen LogP contribution in [0, 0.1) is 12.8 Å². The van der Waals surface area contributed by atoms with Crippen LogP contribution in [0.15, 0.2) is 36.0 Å². The van der Waals surface area contributed by atoms with Crippen molar-refractivity contribution in [3.63, 3.8) is 0 Å². The zero-order valence-electron chi connectivity index (χ0n) is 16.3. The summed E-state index contributed by atoms with van der Waals surface area (Å²) < 4.78 is 10.1. The molecule has 8 nitrogen and oxygen atoms in total. The number of esters is 2. The number of thiophene rings is 1. The molecule has 152 valence electrons. The van der Waals surface area contributed by atoms with Crippen molar-refractivity contribution in [1.82, 2.24) is 4.90 Å². The lowest BCUT2D eigenvalue weighted by atomic mass is 9.92. The number of anilines is 1. The second-order valence-corrected chi connectivity index (χ2v) is 7.72. The van der Waals surface area contributed by atoms with Crippen molar-refractivity contribution in [3.05, 3.63) is 52.0 Å². The third-order valence-electron chi connectivity index (χ3n) is 4.56. The van der Waals surface area contributed by atoms with E-state index in [2.05, 4.69) is 5.32 Å². The monoisotopic (exact) mass is 416 g/mol. The fourth-order valence-electron chi connectivity index (χ4n) is 3.02. The SMILES string of the molecule is COC(=O)c1c(NC(=O)C2=CC3C=CC=CC3OC2=O)sc(C(=O)N(C)C)c1C. The molecule has 2 aliphatic rings. The number of carbonyl (C=O) groups excluding carboxylic acids is 4. The summed E-state index contributed by atoms with van der Waals surface area (Å²) in [4.78, 5) is 51.4. The summed E-state index contributed by atoms with van der Waals surface area (Å²) in [7, 11) is 4.38. The number of methoxy groups -OCH3 is 1. The summed E-state index contributed by atoms with van der Waals surface area (Å²) >= 11 is 0.954. The van der Waals surface area contributed by atoms with Gasteiger partial charge in [-0.3, -0.25) is 9.59 Å². The van der Waals surface area contributed by atoms with Gasteiger partial charge in [-0.15, -0.1) is 11.3 Å². The van der Waals surface area contributed by atoms with Crippen molar-refractivity contribution in [3.8, 4) is 0 Å². The van der Waals surface area contributed by atoms with Crippen molar-refractivity contribution >= 4 is 40.1 Å². The van der Waals surface area contributed by atoms with Crippen molar-refractivity contribution in [1.29, 1.82) is 0 Å². The third-order valence-corrected chi connectivity index (χ3v) is 5.75. The maximum atomic E-state index is 12.8. The molecular formula is C20H20N2O6S. The van der Waals surface area contributed by atoms with Gasteiger partial charge < -0.3 is 19.7 Å². The van der Waals surface area contributed by atoms with Crippen molar-refractivity contribution in [2.24, 2.45) is 5.92 Å². The number of allylic oxidation sites excluding steroid dienone is 2. The van der Waals surface area contributed by atoms with E-state index in [1.165, 1.54) is 18.1 Å². The summed E-state index contributed by atoms with van der Waals surface area (Å²) in [6, 6.07) is 0. The topological polar surface area (TPSA) is 102 Å². The number of nitrogens with zero attached hydrogens (tertiary/aromatic N) is 1. The molecule has 2 heterocycles. The first-order valence-electron chi connectivity index (χ1n) is 8.77. The highest BCUT2D eigenvalue weighted by Crippen LogP contribution is 2.35. The summed E-state index contributed by atoms with van der Waals surface area (Å²) in [5.41, 5.74) is 0.323. The Morgan fingerprint density at radius 1 is 1.21 bits per heavy atom. The Hall–Kier alpha value is -3.20. The lowest BCUT2D eigenvalue weighted by molar-refractivity contribution is -0.145. The summed E-state index contributed by atoms with van der Waals surface area (Å²) in [6.45, 7) is 1.60. The minimum atomic E-state index is -0.749. The van der Waals surface area contributed by atoms with Crippen LogP contribution in [0.4, 0.5) is 5.00 Å². The quantitative estimate of drug-likeness (QED) is 0.596. The Balaban J connectivity index is 1.95. The molecule has 2 unspecified atom stereocenters. The van der Waals surface area contributed by atoms with Gasteiger partial charge in [0.25, 0.3) is 11.8 Å². The molecule has 0 saturated carbocycles. The number of ether oxygens (including phenoxy) is 2. The summed E-state index contributed by atoms with van der Waals surface area (Å²) in [5.74, 6) is -2.70. The molecule has 2 atom stereocenters. The van der Waals surface area contributed by atoms with Crippen LogP contribution in [0.5, 0.6) is 0 Å². The summed E-state index contributed by atoms with van der Waals surface area (Å²) in [5, 5.41) is 2.71. The van der Waals surface area contributed by atoms with Gasteiger partial charge >= 0.3 is 11.9 Å². The Bertz CT molecular complexity index is 985. The predicted molar refractivity (Wildman–Crippen MR) is 107 cm³/mol. The predicted octanol–water partition coefficient (Wildman–Crippen LogP) is 2.08. The number of fused-ring (bicyclic) bond motifs is 1. The fraction of sp³-hybridized carbons (Fsp3) is 0.300. The molecule has 3 rings (SSSR count). The van der Waals surface area contributed by atoms with Crippen LogP contribution >= 0.6 is 11.3 Å². The largest absolute Gasteiger partial charge is 0.465 e. The Labute approximate surface area is 171 Å². The van der Waals surface area contributed by atoms with E-state index >= 15 is 0 Å². The molecule has 1 aliphatic carbocycles. The first-order valence-corrected chi connectivity index (χ1v) is 9.58. The van der Waals surface area contributed by atoms with Gasteiger partial charge in [-0.1, -0.05) is 24.3 Å². The second kappa shape index (κ2) is 8.04. The normalized spacial score (nSPS) is 19.7. The highest BCUT2D eigenvalue weighted by molar-refractivity contribution is 7.18. The van der Waals surface area contributed by atoms with E-state index in [0.29, 0.717) is 10.4 Å². The van der Waals surface area contributed by atoms with Crippen LogP contribution in [0.2, 0.25) is 0 Å². The lowest BCUT2D eigenvalue weighted by Crippen LogP contribution is -2.34. The molecule has 0 fully saturated rings. The van der Waals surface area contributed by atoms with Crippen molar-refractivity contribution < 1.29 is 28.7 Å². The number of amides is 2. The number of rotatable bonds is 4. The number of nitrogens with one attached hydrogen (secondary N) is 1. The first kappa shape index (κ1) is 20.5. The third kappa shape index (κ3) is 3.86. The van der Waals surface area contributed by atoms with Gasteiger partial charge in [0.2, 0.25) is 0 Å².